The third-order valence-corrected chi connectivity index (χ3v) is 8.24. The number of likely N-dealkylation sites (tertiary alicyclic amines) is 1. The lowest BCUT2D eigenvalue weighted by Gasteiger charge is -2.45. The molecule has 0 aromatic heterocycles. The summed E-state index contributed by atoms with van der Waals surface area (Å²) >= 11 is 0. The molecule has 3 aromatic carbocycles. The van der Waals surface area contributed by atoms with Crippen molar-refractivity contribution in [3.05, 3.63) is 101 Å². The van der Waals surface area contributed by atoms with Gasteiger partial charge in [-0.1, -0.05) is 48.5 Å². The number of amides is 3. The third kappa shape index (κ3) is 4.28. The highest BCUT2D eigenvalue weighted by atomic mass is 16.5. The van der Waals surface area contributed by atoms with E-state index in [1.54, 1.807) is 6.92 Å². The number of benzene rings is 3. The van der Waals surface area contributed by atoms with Crippen molar-refractivity contribution < 1.29 is 33.4 Å². The fourth-order valence-corrected chi connectivity index (χ4v) is 6.55. The standard InChI is InChI=1S/C32H28N2O7/c1-3-40-32(39)18-12-14-19(15-13-18)33-24(35)16-41-31(38)17(2)34-29(36)27-25-20-8-4-5-9-21(20)26(28(27)30(34)37)23-11-7-6-10-22(23)25/h4-15,17,25-28H,3,16H2,1-2H3,(H,33,35)/t17-,25?,26?,27-,28-/m0/s1. The number of imide groups is 1. The van der Waals surface area contributed by atoms with Gasteiger partial charge in [0.25, 0.3) is 5.91 Å². The van der Waals surface area contributed by atoms with Gasteiger partial charge in [0.15, 0.2) is 6.61 Å². The molecule has 1 N–H and O–H groups in total. The average Bonchev–Trinajstić information content (AvgIpc) is 3.26. The van der Waals surface area contributed by atoms with Crippen molar-refractivity contribution >= 4 is 35.3 Å². The first kappa shape index (κ1) is 26.4. The van der Waals surface area contributed by atoms with Crippen LogP contribution < -0.4 is 5.32 Å². The minimum absolute atomic E-state index is 0.250. The maximum Gasteiger partial charge on any atom is 0.338 e. The van der Waals surface area contributed by atoms with Gasteiger partial charge in [-0.2, -0.15) is 0 Å². The highest BCUT2D eigenvalue weighted by Crippen LogP contribution is 2.61. The Morgan fingerprint density at radius 3 is 1.73 bits per heavy atom. The number of nitrogens with one attached hydrogen (secondary N) is 1. The second kappa shape index (κ2) is 10.3. The Kier molecular flexibility index (Phi) is 6.65. The topological polar surface area (TPSA) is 119 Å². The lowest BCUT2D eigenvalue weighted by atomic mass is 9.55. The Hall–Kier alpha value is -4.79. The van der Waals surface area contributed by atoms with Gasteiger partial charge in [-0.05, 0) is 60.4 Å². The van der Waals surface area contributed by atoms with Crippen molar-refractivity contribution in [2.75, 3.05) is 18.5 Å². The van der Waals surface area contributed by atoms with Gasteiger partial charge in [0.05, 0.1) is 24.0 Å². The number of carbonyl (C=O) groups excluding carboxylic acids is 5. The summed E-state index contributed by atoms with van der Waals surface area (Å²) in [5.41, 5.74) is 4.91. The number of hydrogen-bond acceptors (Lipinski definition) is 7. The molecule has 41 heavy (non-hydrogen) atoms. The second-order valence-electron chi connectivity index (χ2n) is 10.4. The van der Waals surface area contributed by atoms with E-state index in [4.69, 9.17) is 9.47 Å². The van der Waals surface area contributed by atoms with Crippen LogP contribution in [0.5, 0.6) is 0 Å². The zero-order chi connectivity index (χ0) is 28.8. The lowest BCUT2D eigenvalue weighted by molar-refractivity contribution is -0.159. The molecule has 0 spiro atoms. The summed E-state index contributed by atoms with van der Waals surface area (Å²) in [6.45, 7) is 2.80. The fourth-order valence-electron chi connectivity index (χ4n) is 6.55. The van der Waals surface area contributed by atoms with E-state index in [0.29, 0.717) is 11.3 Å². The summed E-state index contributed by atoms with van der Waals surface area (Å²) in [6, 6.07) is 20.7. The van der Waals surface area contributed by atoms with Gasteiger partial charge in [-0.3, -0.25) is 19.3 Å². The highest BCUT2D eigenvalue weighted by molar-refractivity contribution is 6.10. The van der Waals surface area contributed by atoms with E-state index in [0.717, 1.165) is 27.2 Å². The molecule has 4 aliphatic rings. The smallest absolute Gasteiger partial charge is 0.338 e. The van der Waals surface area contributed by atoms with Crippen molar-refractivity contribution in [1.82, 2.24) is 4.90 Å². The third-order valence-electron chi connectivity index (χ3n) is 8.24. The van der Waals surface area contributed by atoms with Crippen LogP contribution in [0.4, 0.5) is 5.69 Å². The molecule has 3 aromatic rings. The molecule has 3 atom stereocenters. The zero-order valence-electron chi connectivity index (χ0n) is 22.5. The molecule has 2 bridgehead atoms. The van der Waals surface area contributed by atoms with Crippen LogP contribution in [-0.4, -0.2) is 53.8 Å². The first-order valence-electron chi connectivity index (χ1n) is 13.6. The predicted octanol–water partition coefficient (Wildman–Crippen LogP) is 3.63. The van der Waals surface area contributed by atoms with E-state index in [9.17, 15) is 24.0 Å². The molecule has 1 fully saturated rings. The molecule has 9 heteroatoms. The van der Waals surface area contributed by atoms with E-state index in [2.05, 4.69) is 5.32 Å². The van der Waals surface area contributed by atoms with Crippen LogP contribution in [-0.2, 0) is 28.7 Å². The summed E-state index contributed by atoms with van der Waals surface area (Å²) in [5, 5.41) is 2.59. The largest absolute Gasteiger partial charge is 0.462 e. The Labute approximate surface area is 236 Å². The van der Waals surface area contributed by atoms with Crippen LogP contribution in [0.15, 0.2) is 72.8 Å². The van der Waals surface area contributed by atoms with Crippen molar-refractivity contribution in [1.29, 1.82) is 0 Å². The van der Waals surface area contributed by atoms with Crippen LogP contribution in [0.1, 0.15) is 58.3 Å². The molecular weight excluding hydrogens is 524 g/mol. The summed E-state index contributed by atoms with van der Waals surface area (Å²) in [4.78, 5) is 65.8. The minimum atomic E-state index is -1.19. The Balaban J connectivity index is 1.14. The molecule has 3 amide bonds. The first-order chi connectivity index (χ1) is 19.8. The first-order valence-corrected chi connectivity index (χ1v) is 13.6. The molecule has 7 rings (SSSR count). The summed E-state index contributed by atoms with van der Waals surface area (Å²) in [6.07, 6.45) is 0. The van der Waals surface area contributed by atoms with Crippen LogP contribution in [0.2, 0.25) is 0 Å². The van der Waals surface area contributed by atoms with Crippen molar-refractivity contribution in [2.24, 2.45) is 11.8 Å². The maximum absolute atomic E-state index is 13.8. The molecule has 0 radical (unpaired) electrons. The van der Waals surface area contributed by atoms with Gasteiger partial charge in [-0.25, -0.2) is 9.59 Å². The molecule has 0 unspecified atom stereocenters. The monoisotopic (exact) mass is 552 g/mol. The summed E-state index contributed by atoms with van der Waals surface area (Å²) < 4.78 is 10.2. The minimum Gasteiger partial charge on any atom is -0.462 e. The van der Waals surface area contributed by atoms with Crippen molar-refractivity contribution in [3.8, 4) is 0 Å². The van der Waals surface area contributed by atoms with Gasteiger partial charge in [0.2, 0.25) is 11.8 Å². The number of rotatable bonds is 7. The predicted molar refractivity (Wildman–Crippen MR) is 147 cm³/mol. The summed E-state index contributed by atoms with van der Waals surface area (Å²) in [5.74, 6) is -4.47. The molecular formula is C32H28N2O7. The van der Waals surface area contributed by atoms with Gasteiger partial charge in [0, 0.05) is 17.5 Å². The number of carbonyl (C=O) groups is 5. The average molecular weight is 553 g/mol. The van der Waals surface area contributed by atoms with Gasteiger partial charge in [0.1, 0.15) is 6.04 Å². The molecule has 1 heterocycles. The van der Waals surface area contributed by atoms with Crippen LogP contribution >= 0.6 is 0 Å². The van der Waals surface area contributed by atoms with E-state index < -0.39 is 54.1 Å². The Morgan fingerprint density at radius 1 is 0.780 bits per heavy atom. The number of nitrogens with zero attached hydrogens (tertiary/aromatic N) is 1. The van der Waals surface area contributed by atoms with Crippen LogP contribution in [0, 0.1) is 11.8 Å². The van der Waals surface area contributed by atoms with E-state index in [1.807, 2.05) is 48.5 Å². The van der Waals surface area contributed by atoms with Crippen molar-refractivity contribution in [3.63, 3.8) is 0 Å². The molecule has 1 aliphatic heterocycles. The normalized spacial score (nSPS) is 22.3. The summed E-state index contributed by atoms with van der Waals surface area (Å²) in [7, 11) is 0. The number of hydrogen-bond donors (Lipinski definition) is 1. The lowest BCUT2D eigenvalue weighted by Crippen LogP contribution is -2.45. The molecule has 0 saturated carbocycles. The second-order valence-corrected chi connectivity index (χ2v) is 10.4. The Morgan fingerprint density at radius 2 is 1.27 bits per heavy atom. The fraction of sp³-hybridized carbons (Fsp3) is 0.281. The number of esters is 2. The Bertz CT molecular complexity index is 1470. The SMILES string of the molecule is CCOC(=O)c1ccc(NC(=O)COC(=O)[C@H](C)N2C(=O)[C@H]3C4c5ccccc5C(c5ccccc54)[C@@H]3C2=O)cc1. The van der Waals surface area contributed by atoms with E-state index in [-0.39, 0.29) is 18.4 Å². The van der Waals surface area contributed by atoms with E-state index >= 15 is 0 Å². The number of anilines is 1. The van der Waals surface area contributed by atoms with Crippen LogP contribution in [0.25, 0.3) is 0 Å². The van der Waals surface area contributed by atoms with E-state index in [1.165, 1.54) is 31.2 Å². The zero-order valence-corrected chi connectivity index (χ0v) is 22.5. The quantitative estimate of drug-likeness (QED) is 0.351. The van der Waals surface area contributed by atoms with Gasteiger partial charge >= 0.3 is 11.9 Å². The van der Waals surface area contributed by atoms with Crippen molar-refractivity contribution in [2.45, 2.75) is 31.7 Å². The molecule has 208 valence electrons. The molecule has 9 nitrogen and oxygen atoms in total. The highest BCUT2D eigenvalue weighted by Gasteiger charge is 2.62. The van der Waals surface area contributed by atoms with Crippen LogP contribution in [0.3, 0.4) is 0 Å². The molecule has 3 aliphatic carbocycles. The molecule has 1 saturated heterocycles. The van der Waals surface area contributed by atoms with Gasteiger partial charge in [-0.15, -0.1) is 0 Å². The maximum atomic E-state index is 13.8. The van der Waals surface area contributed by atoms with Gasteiger partial charge < -0.3 is 14.8 Å². The number of ether oxygens (including phenoxy) is 2.